The highest BCUT2D eigenvalue weighted by Crippen LogP contribution is 2.27. The van der Waals surface area contributed by atoms with Crippen LogP contribution in [-0.4, -0.2) is 23.9 Å². The molecule has 0 aromatic heterocycles. The molecule has 106 valence electrons. The highest BCUT2D eigenvalue weighted by Gasteiger charge is 2.38. The first kappa shape index (κ1) is 16.9. The van der Waals surface area contributed by atoms with Crippen molar-refractivity contribution in [1.82, 2.24) is 10.6 Å². The fraction of sp³-hybridized carbons (Fsp3) is 0.857. The van der Waals surface area contributed by atoms with Crippen LogP contribution in [0.15, 0.2) is 0 Å². The Balaban J connectivity index is 4.95. The zero-order chi connectivity index (χ0) is 14.7. The van der Waals surface area contributed by atoms with Crippen LogP contribution in [0.2, 0.25) is 0 Å². The largest absolute Gasteiger partial charge is 0.336 e. The van der Waals surface area contributed by atoms with Crippen molar-refractivity contribution in [2.45, 2.75) is 67.5 Å². The Bertz CT molecular complexity index is 309. The quantitative estimate of drug-likeness (QED) is 0.815. The van der Waals surface area contributed by atoms with Gasteiger partial charge in [0.25, 0.3) is 0 Å². The molecule has 18 heavy (non-hydrogen) atoms. The first-order chi connectivity index (χ1) is 7.85. The van der Waals surface area contributed by atoms with Crippen molar-refractivity contribution in [2.24, 2.45) is 10.8 Å². The molecule has 0 radical (unpaired) electrons. The molecule has 0 heterocycles. The molecule has 0 saturated heterocycles. The van der Waals surface area contributed by atoms with Gasteiger partial charge in [-0.15, -0.1) is 0 Å². The molecule has 0 saturated carbocycles. The van der Waals surface area contributed by atoms with Gasteiger partial charge in [-0.2, -0.15) is 0 Å². The van der Waals surface area contributed by atoms with Crippen LogP contribution in [0.4, 0.5) is 4.79 Å². The molecule has 0 fully saturated rings. The lowest BCUT2D eigenvalue weighted by Gasteiger charge is -2.34. The van der Waals surface area contributed by atoms with Crippen LogP contribution >= 0.6 is 0 Å². The van der Waals surface area contributed by atoms with Gasteiger partial charge in [0.05, 0.1) is 6.04 Å². The van der Waals surface area contributed by atoms with Gasteiger partial charge < -0.3 is 10.6 Å². The Kier molecular flexibility index (Phi) is 5.38. The first-order valence-corrected chi connectivity index (χ1v) is 6.47. The summed E-state index contributed by atoms with van der Waals surface area (Å²) in [4.78, 5) is 24.2. The third-order valence-electron chi connectivity index (χ3n) is 2.56. The monoisotopic (exact) mass is 256 g/mol. The summed E-state index contributed by atoms with van der Waals surface area (Å²) in [5, 5.41) is 5.54. The summed E-state index contributed by atoms with van der Waals surface area (Å²) in [6.07, 6.45) is 0. The van der Waals surface area contributed by atoms with Gasteiger partial charge >= 0.3 is 6.03 Å². The average molecular weight is 256 g/mol. The minimum atomic E-state index is -0.490. The summed E-state index contributed by atoms with van der Waals surface area (Å²) in [5.41, 5.74) is -0.776. The lowest BCUT2D eigenvalue weighted by molar-refractivity contribution is -0.130. The van der Waals surface area contributed by atoms with E-state index in [1.54, 1.807) is 0 Å². The Morgan fingerprint density at radius 1 is 0.889 bits per heavy atom. The van der Waals surface area contributed by atoms with Crippen LogP contribution in [0.1, 0.15) is 55.4 Å². The highest BCUT2D eigenvalue weighted by atomic mass is 16.2. The Morgan fingerprint density at radius 3 is 1.61 bits per heavy atom. The second kappa shape index (κ2) is 5.72. The van der Waals surface area contributed by atoms with Crippen LogP contribution in [-0.2, 0) is 4.79 Å². The number of carbonyl (C=O) groups excluding carboxylic acids is 2. The second-order valence-corrected chi connectivity index (χ2v) is 7.19. The van der Waals surface area contributed by atoms with Gasteiger partial charge in [-0.1, -0.05) is 41.5 Å². The fourth-order valence-electron chi connectivity index (χ4n) is 1.54. The fourth-order valence-corrected chi connectivity index (χ4v) is 1.54. The number of ketones is 1. The molecule has 4 heteroatoms. The first-order valence-electron chi connectivity index (χ1n) is 6.47. The standard InChI is InChI=1S/C14H28N2O2/c1-9(2)15-12(18)16-10(13(3,4)5)11(17)14(6,7)8/h9-10H,1-8H3,(H2,15,16,18). The molecule has 4 nitrogen and oxygen atoms in total. The van der Waals surface area contributed by atoms with Crippen LogP contribution in [0.5, 0.6) is 0 Å². The summed E-state index contributed by atoms with van der Waals surface area (Å²) < 4.78 is 0. The highest BCUT2D eigenvalue weighted by molar-refractivity contribution is 5.92. The zero-order valence-electron chi connectivity index (χ0n) is 13.0. The molecule has 0 aliphatic rings. The molecule has 0 rings (SSSR count). The van der Waals surface area contributed by atoms with Gasteiger partial charge in [-0.05, 0) is 19.3 Å². The number of Topliss-reactive ketones (excluding diaryl/α,β-unsaturated/α-hetero) is 1. The molecule has 0 aromatic rings. The average Bonchev–Trinajstić information content (AvgIpc) is 2.08. The van der Waals surface area contributed by atoms with E-state index in [2.05, 4.69) is 10.6 Å². The van der Waals surface area contributed by atoms with E-state index in [-0.39, 0.29) is 23.3 Å². The molecule has 0 spiro atoms. The molecule has 1 atom stereocenters. The molecule has 2 N–H and O–H groups in total. The van der Waals surface area contributed by atoms with Gasteiger partial charge in [-0.25, -0.2) is 4.79 Å². The van der Waals surface area contributed by atoms with Gasteiger partial charge in [0.15, 0.2) is 5.78 Å². The molecule has 0 aromatic carbocycles. The van der Waals surface area contributed by atoms with E-state index in [1.807, 2.05) is 55.4 Å². The molecular formula is C14H28N2O2. The summed E-state index contributed by atoms with van der Waals surface area (Å²) in [6.45, 7) is 15.3. The van der Waals surface area contributed by atoms with E-state index in [0.717, 1.165) is 0 Å². The number of hydrogen-bond donors (Lipinski definition) is 2. The molecule has 1 unspecified atom stereocenters. The lowest BCUT2D eigenvalue weighted by Crippen LogP contribution is -2.55. The third-order valence-corrected chi connectivity index (χ3v) is 2.56. The van der Waals surface area contributed by atoms with Gasteiger partial charge in [0.2, 0.25) is 0 Å². The van der Waals surface area contributed by atoms with E-state index in [9.17, 15) is 9.59 Å². The van der Waals surface area contributed by atoms with Crippen molar-refractivity contribution in [1.29, 1.82) is 0 Å². The predicted octanol–water partition coefficient (Wildman–Crippen LogP) is 2.72. The number of hydrogen-bond acceptors (Lipinski definition) is 2. The Morgan fingerprint density at radius 2 is 1.33 bits per heavy atom. The van der Waals surface area contributed by atoms with Crippen molar-refractivity contribution in [3.63, 3.8) is 0 Å². The van der Waals surface area contributed by atoms with E-state index in [1.165, 1.54) is 0 Å². The maximum absolute atomic E-state index is 12.4. The second-order valence-electron chi connectivity index (χ2n) is 7.19. The molecule has 0 bridgehead atoms. The minimum absolute atomic E-state index is 0.0499. The van der Waals surface area contributed by atoms with Crippen LogP contribution < -0.4 is 10.6 Å². The molecule has 2 amide bonds. The normalized spacial score (nSPS) is 14.3. The zero-order valence-corrected chi connectivity index (χ0v) is 13.0. The number of rotatable bonds is 3. The Hall–Kier alpha value is -1.06. The maximum atomic E-state index is 12.4. The van der Waals surface area contributed by atoms with Crippen molar-refractivity contribution in [3.8, 4) is 0 Å². The summed E-state index contributed by atoms with van der Waals surface area (Å²) in [7, 11) is 0. The van der Waals surface area contributed by atoms with Crippen molar-refractivity contribution >= 4 is 11.8 Å². The smallest absolute Gasteiger partial charge is 0.315 e. The van der Waals surface area contributed by atoms with E-state index in [4.69, 9.17) is 0 Å². The third kappa shape index (κ3) is 5.52. The van der Waals surface area contributed by atoms with Crippen molar-refractivity contribution < 1.29 is 9.59 Å². The van der Waals surface area contributed by atoms with Crippen LogP contribution in [0, 0.1) is 10.8 Å². The van der Waals surface area contributed by atoms with Crippen molar-refractivity contribution in [2.75, 3.05) is 0 Å². The molecular weight excluding hydrogens is 228 g/mol. The van der Waals surface area contributed by atoms with E-state index in [0.29, 0.717) is 0 Å². The van der Waals surface area contributed by atoms with Gasteiger partial charge in [-0.3, -0.25) is 4.79 Å². The van der Waals surface area contributed by atoms with Crippen LogP contribution in [0.3, 0.4) is 0 Å². The number of amides is 2. The van der Waals surface area contributed by atoms with Gasteiger partial charge in [0, 0.05) is 11.5 Å². The molecule has 0 aliphatic heterocycles. The predicted molar refractivity (Wildman–Crippen MR) is 74.5 cm³/mol. The number of urea groups is 1. The van der Waals surface area contributed by atoms with Crippen LogP contribution in [0.25, 0.3) is 0 Å². The number of carbonyl (C=O) groups is 2. The van der Waals surface area contributed by atoms with Gasteiger partial charge in [0.1, 0.15) is 0 Å². The lowest BCUT2D eigenvalue weighted by atomic mass is 9.76. The SMILES string of the molecule is CC(C)NC(=O)NC(C(=O)C(C)(C)C)C(C)(C)C. The van der Waals surface area contributed by atoms with E-state index < -0.39 is 11.5 Å². The summed E-state index contributed by atoms with van der Waals surface area (Å²) in [6, 6.07) is -0.728. The topological polar surface area (TPSA) is 58.2 Å². The maximum Gasteiger partial charge on any atom is 0.315 e. The number of nitrogens with one attached hydrogen (secondary N) is 2. The minimum Gasteiger partial charge on any atom is -0.336 e. The Labute approximate surface area is 111 Å². The molecule has 0 aliphatic carbocycles. The summed E-state index contributed by atoms with van der Waals surface area (Å²) >= 11 is 0. The summed E-state index contributed by atoms with van der Waals surface area (Å²) in [5.74, 6) is 0.0499. The van der Waals surface area contributed by atoms with E-state index >= 15 is 0 Å². The van der Waals surface area contributed by atoms with Crippen molar-refractivity contribution in [3.05, 3.63) is 0 Å².